The smallest absolute Gasteiger partial charge is 0.307 e. The number of aliphatic hydroxyl groups is 2. The maximum atomic E-state index is 11.3. The van der Waals surface area contributed by atoms with Gasteiger partial charge in [0.25, 0.3) is 0 Å². The molecule has 3 N–H and O–H groups in total. The Bertz CT molecular complexity index is 491. The lowest BCUT2D eigenvalue weighted by atomic mass is 9.70. The Labute approximate surface area is 124 Å². The van der Waals surface area contributed by atoms with Crippen LogP contribution in [0, 0.1) is 33.4 Å². The molecule has 4 atom stereocenters. The molecule has 8 heteroatoms. The van der Waals surface area contributed by atoms with Crippen LogP contribution in [0.5, 0.6) is 0 Å². The van der Waals surface area contributed by atoms with Crippen LogP contribution < -0.4 is 0 Å². The molecule has 1 saturated carbocycles. The molecule has 1 rings (SSSR count). The first kappa shape index (κ1) is 17.6. The first-order chi connectivity index (χ1) is 9.43. The second kappa shape index (κ2) is 6.13. The van der Waals surface area contributed by atoms with Crippen molar-refractivity contribution < 1.29 is 25.0 Å². The highest BCUT2D eigenvalue weighted by atomic mass is 28.3. The van der Waals surface area contributed by atoms with E-state index in [2.05, 4.69) is 11.5 Å². The van der Waals surface area contributed by atoms with Gasteiger partial charge in [-0.25, -0.2) is 0 Å². The van der Waals surface area contributed by atoms with Crippen molar-refractivity contribution in [2.75, 3.05) is 6.54 Å². The minimum atomic E-state index is -1.76. The summed E-state index contributed by atoms with van der Waals surface area (Å²) in [5, 5.41) is 40.3. The molecule has 0 heterocycles. The molecule has 0 aromatic rings. The molecule has 118 valence electrons. The predicted octanol–water partition coefficient (Wildman–Crippen LogP) is 0.347. The fraction of sp³-hybridized carbons (Fsp3) is 0.769. The molecule has 1 fully saturated rings. The van der Waals surface area contributed by atoms with E-state index in [-0.39, 0.29) is 12.8 Å². The monoisotopic (exact) mass is 315 g/mol. The van der Waals surface area contributed by atoms with Gasteiger partial charge in [-0.05, 0) is 0 Å². The lowest BCUT2D eigenvalue weighted by Gasteiger charge is -2.38. The van der Waals surface area contributed by atoms with Crippen molar-refractivity contribution in [2.24, 2.45) is 11.8 Å². The van der Waals surface area contributed by atoms with Gasteiger partial charge in [-0.2, -0.15) is 0 Å². The van der Waals surface area contributed by atoms with Crippen molar-refractivity contribution in [3.05, 3.63) is 10.1 Å². The molecule has 1 aliphatic carbocycles. The van der Waals surface area contributed by atoms with Crippen LogP contribution in [0.25, 0.3) is 0 Å². The van der Waals surface area contributed by atoms with Crippen LogP contribution in [-0.2, 0) is 4.79 Å². The summed E-state index contributed by atoms with van der Waals surface area (Å²) in [6.07, 6.45) is -1.62. The fourth-order valence-electron chi connectivity index (χ4n) is 2.46. The Balaban J connectivity index is 3.03. The number of nitrogens with zero attached hydrogens (tertiary/aromatic N) is 1. The number of carbonyl (C=O) groups is 1. The molecule has 0 aliphatic heterocycles. The third-order valence-electron chi connectivity index (χ3n) is 3.46. The van der Waals surface area contributed by atoms with Gasteiger partial charge in [0.2, 0.25) is 6.54 Å². The van der Waals surface area contributed by atoms with E-state index in [9.17, 15) is 30.2 Å². The highest BCUT2D eigenvalue weighted by Crippen LogP contribution is 2.37. The summed E-state index contributed by atoms with van der Waals surface area (Å²) in [6, 6.07) is 0. The number of hydrogen-bond acceptors (Lipinski definition) is 5. The van der Waals surface area contributed by atoms with Gasteiger partial charge in [-0.3, -0.25) is 14.9 Å². The summed E-state index contributed by atoms with van der Waals surface area (Å²) in [5.74, 6) is -0.743. The van der Waals surface area contributed by atoms with E-state index in [1.54, 1.807) is 0 Å². The third-order valence-corrected chi connectivity index (χ3v) is 4.34. The molecule has 0 bridgehead atoms. The van der Waals surface area contributed by atoms with Crippen LogP contribution in [0.2, 0.25) is 19.6 Å². The highest BCUT2D eigenvalue weighted by molar-refractivity contribution is 6.83. The second-order valence-corrected chi connectivity index (χ2v) is 11.4. The molecular formula is C13H21NO6Si. The molecule has 7 nitrogen and oxygen atoms in total. The molecule has 0 aromatic carbocycles. The first-order valence-electron chi connectivity index (χ1n) is 6.73. The van der Waals surface area contributed by atoms with Gasteiger partial charge in [0.1, 0.15) is 13.7 Å². The Hall–Kier alpha value is -1.43. The van der Waals surface area contributed by atoms with Crippen molar-refractivity contribution in [1.82, 2.24) is 0 Å². The topological polar surface area (TPSA) is 121 Å². The molecule has 21 heavy (non-hydrogen) atoms. The molecule has 0 saturated heterocycles. The standard InChI is InChI=1S/C13H21NO6Si/c1-21(2,3)5-4-13(18)6-9(12(16)17)10(8-14(19)20)11(15)7-13/h9-11,15,18H,6-8H2,1-3H3,(H,16,17)/t9-,10+,11-,13-/m1/s1. The Morgan fingerprint density at radius 2 is 2.00 bits per heavy atom. The summed E-state index contributed by atoms with van der Waals surface area (Å²) >= 11 is 0. The van der Waals surface area contributed by atoms with Crippen molar-refractivity contribution in [3.63, 3.8) is 0 Å². The largest absolute Gasteiger partial charge is 0.481 e. The number of nitro groups is 1. The first-order valence-corrected chi connectivity index (χ1v) is 10.2. The minimum absolute atomic E-state index is 0.160. The van der Waals surface area contributed by atoms with Crippen LogP contribution in [0.1, 0.15) is 12.8 Å². The van der Waals surface area contributed by atoms with Gasteiger partial charge in [-0.1, -0.05) is 25.6 Å². The van der Waals surface area contributed by atoms with E-state index < -0.39 is 49.1 Å². The summed E-state index contributed by atoms with van der Waals surface area (Å²) < 4.78 is 0. The van der Waals surface area contributed by atoms with E-state index in [0.717, 1.165) is 0 Å². The number of rotatable bonds is 3. The van der Waals surface area contributed by atoms with E-state index in [4.69, 9.17) is 0 Å². The van der Waals surface area contributed by atoms with Crippen LogP contribution in [0.15, 0.2) is 0 Å². The van der Waals surface area contributed by atoms with Gasteiger partial charge in [0.05, 0.1) is 17.9 Å². The minimum Gasteiger partial charge on any atom is -0.481 e. The molecule has 1 aliphatic rings. The molecular weight excluding hydrogens is 294 g/mol. The van der Waals surface area contributed by atoms with Crippen LogP contribution in [0.3, 0.4) is 0 Å². The molecule has 0 aromatic heterocycles. The zero-order valence-electron chi connectivity index (χ0n) is 12.4. The third kappa shape index (κ3) is 5.11. The van der Waals surface area contributed by atoms with Gasteiger partial charge in [0.15, 0.2) is 0 Å². The summed E-state index contributed by atoms with van der Waals surface area (Å²) in [4.78, 5) is 21.3. The lowest BCUT2D eigenvalue weighted by Crippen LogP contribution is -2.50. The van der Waals surface area contributed by atoms with Crippen molar-refractivity contribution >= 4 is 14.0 Å². The summed E-state index contributed by atoms with van der Waals surface area (Å²) in [5.41, 5.74) is 1.37. The van der Waals surface area contributed by atoms with Gasteiger partial charge in [-0.15, -0.1) is 5.54 Å². The van der Waals surface area contributed by atoms with Gasteiger partial charge >= 0.3 is 5.97 Å². The van der Waals surface area contributed by atoms with Crippen LogP contribution in [-0.4, -0.2) is 52.5 Å². The number of aliphatic carboxylic acids is 1. The number of hydrogen-bond donors (Lipinski definition) is 3. The van der Waals surface area contributed by atoms with E-state index in [1.807, 2.05) is 19.6 Å². The van der Waals surface area contributed by atoms with Gasteiger partial charge < -0.3 is 15.3 Å². The number of carboxylic acid groups (broad SMARTS) is 1. The van der Waals surface area contributed by atoms with Gasteiger partial charge in [0, 0.05) is 17.8 Å². The maximum absolute atomic E-state index is 11.3. The van der Waals surface area contributed by atoms with Crippen LogP contribution >= 0.6 is 0 Å². The van der Waals surface area contributed by atoms with E-state index in [1.165, 1.54) is 0 Å². The number of aliphatic hydroxyl groups excluding tert-OH is 1. The number of carboxylic acids is 1. The Morgan fingerprint density at radius 3 is 2.43 bits per heavy atom. The van der Waals surface area contributed by atoms with Crippen molar-refractivity contribution in [3.8, 4) is 11.5 Å². The average molecular weight is 315 g/mol. The molecule has 0 unspecified atom stereocenters. The molecule has 0 radical (unpaired) electrons. The average Bonchev–Trinajstić information content (AvgIpc) is 2.29. The van der Waals surface area contributed by atoms with E-state index in [0.29, 0.717) is 0 Å². The van der Waals surface area contributed by atoms with Crippen LogP contribution in [0.4, 0.5) is 0 Å². The Morgan fingerprint density at radius 1 is 1.43 bits per heavy atom. The molecule has 0 amide bonds. The SMILES string of the molecule is C[Si](C)(C)C#C[C@]1(O)C[C@@H](O)[C@@H](C[N+](=O)[O-])[C@H](C(=O)O)C1. The fourth-order valence-corrected chi connectivity index (χ4v) is 3.07. The zero-order valence-corrected chi connectivity index (χ0v) is 13.4. The highest BCUT2D eigenvalue weighted by Gasteiger charge is 2.49. The normalized spacial score (nSPS) is 32.9. The lowest BCUT2D eigenvalue weighted by molar-refractivity contribution is -0.493. The Kier molecular flexibility index (Phi) is 5.14. The quantitative estimate of drug-likeness (QED) is 0.299. The molecule has 0 spiro atoms. The van der Waals surface area contributed by atoms with E-state index >= 15 is 0 Å². The summed E-state index contributed by atoms with van der Waals surface area (Å²) in [6.45, 7) is 5.31. The zero-order chi connectivity index (χ0) is 16.4. The predicted molar refractivity (Wildman–Crippen MR) is 77.8 cm³/mol. The van der Waals surface area contributed by atoms with Crippen molar-refractivity contribution in [1.29, 1.82) is 0 Å². The van der Waals surface area contributed by atoms with Crippen molar-refractivity contribution in [2.45, 2.75) is 44.2 Å². The maximum Gasteiger partial charge on any atom is 0.307 e. The second-order valence-electron chi connectivity index (χ2n) is 6.63. The summed E-state index contributed by atoms with van der Waals surface area (Å²) in [7, 11) is -1.76.